The molecule has 0 spiro atoms. The number of rotatable bonds is 13. The monoisotopic (exact) mass is 470 g/mol. The van der Waals surface area contributed by atoms with Crippen LogP contribution in [0.3, 0.4) is 0 Å². The normalized spacial score (nSPS) is 21.5. The molecule has 2 rings (SSSR count). The summed E-state index contributed by atoms with van der Waals surface area (Å²) < 4.78 is 151. The number of nitriles is 1. The maximum absolute atomic E-state index is 10.5. The molecule has 1 atom stereocenters. The average molecular weight is 471 g/mol. The lowest BCUT2D eigenvalue weighted by Gasteiger charge is -2.32. The molecule has 180 valence electrons. The molecule has 0 saturated carbocycles. The molecule has 2 aromatic carbocycles. The summed E-state index contributed by atoms with van der Waals surface area (Å²) in [5.74, 6) is -3.35. The lowest BCUT2D eigenvalue weighted by atomic mass is 9.69. The van der Waals surface area contributed by atoms with Crippen LogP contribution in [0.5, 0.6) is 23.0 Å². The molecule has 0 radical (unpaired) electrons. The van der Waals surface area contributed by atoms with Crippen LogP contribution >= 0.6 is 0 Å². The minimum atomic E-state index is -3.25. The summed E-state index contributed by atoms with van der Waals surface area (Å²) in [6, 6.07) is -2.63. The molecule has 0 bridgehead atoms. The van der Waals surface area contributed by atoms with E-state index < -0.39 is 97.2 Å². The SMILES string of the molecule is [2H]c1c([2H])c(C(C#N)(CCCN(C)C([2H])([2H])C([2H])([2H])c2c([2H])c([2H])c(OC)c(OC)c2[2H])C(C)C)c([2H])c(OC([2H])([2H])[2H])c1OC([2H])([2H])[2H]. The first-order valence-electron chi connectivity index (χ1n) is 18.0. The Morgan fingerprint density at radius 1 is 1.03 bits per heavy atom. The van der Waals surface area contributed by atoms with Gasteiger partial charge < -0.3 is 23.8 Å². The van der Waals surface area contributed by atoms with Crippen molar-refractivity contribution in [1.82, 2.24) is 4.90 Å². The summed E-state index contributed by atoms with van der Waals surface area (Å²) in [5, 5.41) is 10.5. The Morgan fingerprint density at radius 2 is 1.67 bits per heavy atom. The average Bonchev–Trinajstić information content (AvgIpc) is 2.97. The number of nitrogens with zero attached hydrogens (tertiary/aromatic N) is 2. The second kappa shape index (κ2) is 12.4. The van der Waals surface area contributed by atoms with Gasteiger partial charge in [0.2, 0.25) is 0 Å². The van der Waals surface area contributed by atoms with Crippen molar-refractivity contribution in [3.05, 3.63) is 47.4 Å². The summed E-state index contributed by atoms with van der Waals surface area (Å²) in [6.45, 7) is -0.100. The number of ether oxygens (including phenoxy) is 4. The molecular weight excluding hydrogens is 416 g/mol. The third kappa shape index (κ3) is 6.33. The van der Waals surface area contributed by atoms with Crippen molar-refractivity contribution < 1.29 is 40.9 Å². The van der Waals surface area contributed by atoms with Gasteiger partial charge in [-0.05, 0) is 74.0 Å². The lowest BCUT2D eigenvalue weighted by molar-refractivity contribution is 0.292. The van der Waals surface area contributed by atoms with Gasteiger partial charge >= 0.3 is 0 Å². The molecule has 0 amide bonds. The van der Waals surface area contributed by atoms with Crippen molar-refractivity contribution in [3.8, 4) is 29.1 Å². The topological polar surface area (TPSA) is 64.0 Å². The first kappa shape index (κ1) is 11.5. The van der Waals surface area contributed by atoms with Gasteiger partial charge in [-0.15, -0.1) is 0 Å². The minimum absolute atomic E-state index is 0.107. The van der Waals surface area contributed by atoms with Crippen LogP contribution in [0.25, 0.3) is 0 Å². The van der Waals surface area contributed by atoms with Crippen LogP contribution in [0.15, 0.2) is 36.3 Å². The number of benzene rings is 2. The van der Waals surface area contributed by atoms with Crippen LogP contribution in [0.4, 0.5) is 0 Å². The second-order valence-electron chi connectivity index (χ2n) is 7.43. The first-order valence-corrected chi connectivity index (χ1v) is 10.0. The van der Waals surface area contributed by atoms with Crippen molar-refractivity contribution in [2.75, 3.05) is 48.4 Å². The highest BCUT2D eigenvalue weighted by molar-refractivity contribution is 5.47. The van der Waals surface area contributed by atoms with E-state index in [9.17, 15) is 5.26 Å². The van der Waals surface area contributed by atoms with E-state index in [1.165, 1.54) is 14.2 Å². The zero-order valence-electron chi connectivity index (χ0n) is 35.2. The Balaban J connectivity index is 2.64. The molecule has 0 aliphatic rings. The third-order valence-corrected chi connectivity index (χ3v) is 5.17. The highest BCUT2D eigenvalue weighted by Crippen LogP contribution is 2.40. The van der Waals surface area contributed by atoms with Gasteiger partial charge in [-0.25, -0.2) is 0 Å². The highest BCUT2D eigenvalue weighted by atomic mass is 16.5. The number of hydrogen-bond acceptors (Lipinski definition) is 6. The Bertz CT molecular complexity index is 1590. The smallest absolute Gasteiger partial charge is 0.161 e. The molecule has 0 aliphatic heterocycles. The fourth-order valence-electron chi connectivity index (χ4n) is 3.22. The molecular formula is C27H38N2O4. The van der Waals surface area contributed by atoms with Crippen molar-refractivity contribution in [1.29, 1.82) is 5.26 Å². The van der Waals surface area contributed by atoms with E-state index in [2.05, 4.69) is 6.07 Å². The molecule has 0 heterocycles. The Labute approximate surface area is 221 Å². The van der Waals surface area contributed by atoms with Crippen LogP contribution in [-0.2, 0) is 11.8 Å². The van der Waals surface area contributed by atoms with E-state index in [1.54, 1.807) is 13.8 Å². The molecule has 0 fully saturated rings. The van der Waals surface area contributed by atoms with Crippen LogP contribution in [0.1, 0.15) is 59.7 Å². The quantitative estimate of drug-likeness (QED) is 0.406. The highest BCUT2D eigenvalue weighted by Gasteiger charge is 2.36. The van der Waals surface area contributed by atoms with E-state index in [4.69, 9.17) is 40.9 Å². The van der Waals surface area contributed by atoms with Gasteiger partial charge in [0, 0.05) is 12.0 Å². The zero-order valence-corrected chi connectivity index (χ0v) is 19.2. The standard InChI is InChI=1S/C27H38N2O4/c1-20(2)27(19-28,22-10-12-24(31-5)26(18-22)33-7)14-8-15-29(3)16-13-21-9-11-23(30-4)25(17-21)32-6/h9-12,17-18,20H,8,13-16H2,1-7H3/i5D3,7D3,9D,10D,11D,12D,13D2,16D2,17D,18D. The minimum Gasteiger partial charge on any atom is -0.493 e. The van der Waals surface area contributed by atoms with Crippen LogP contribution in [-0.4, -0.2) is 53.3 Å². The number of methoxy groups -OCH3 is 4. The largest absolute Gasteiger partial charge is 0.493 e. The van der Waals surface area contributed by atoms with Gasteiger partial charge in [0.05, 0.1) is 56.2 Å². The maximum atomic E-state index is 10.5. The van der Waals surface area contributed by atoms with Crippen LogP contribution in [0, 0.1) is 17.2 Å². The van der Waals surface area contributed by atoms with Crippen molar-refractivity contribution in [2.24, 2.45) is 5.92 Å². The van der Waals surface area contributed by atoms with Crippen molar-refractivity contribution >= 4 is 0 Å². The predicted octanol–water partition coefficient (Wildman–Crippen LogP) is 5.09. The van der Waals surface area contributed by atoms with Crippen molar-refractivity contribution in [3.63, 3.8) is 0 Å². The van der Waals surface area contributed by atoms with Gasteiger partial charge in [-0.1, -0.05) is 25.9 Å². The van der Waals surface area contributed by atoms with Crippen LogP contribution in [0.2, 0.25) is 0 Å². The van der Waals surface area contributed by atoms with Crippen molar-refractivity contribution in [2.45, 2.75) is 38.5 Å². The van der Waals surface area contributed by atoms with Gasteiger partial charge in [0.15, 0.2) is 23.0 Å². The molecule has 6 heteroatoms. The van der Waals surface area contributed by atoms with E-state index in [0.29, 0.717) is 0 Å². The summed E-state index contributed by atoms with van der Waals surface area (Å²) >= 11 is 0. The van der Waals surface area contributed by atoms with E-state index in [1.807, 2.05) is 0 Å². The molecule has 0 aromatic heterocycles. The van der Waals surface area contributed by atoms with Gasteiger partial charge in [0.25, 0.3) is 0 Å². The predicted molar refractivity (Wildman–Crippen MR) is 132 cm³/mol. The molecule has 1 unspecified atom stereocenters. The van der Waals surface area contributed by atoms with Gasteiger partial charge in [0.1, 0.15) is 0 Å². The summed E-state index contributed by atoms with van der Waals surface area (Å²) in [6.07, 6.45) is -3.43. The Morgan fingerprint density at radius 3 is 2.30 bits per heavy atom. The van der Waals surface area contributed by atoms with Crippen LogP contribution < -0.4 is 18.9 Å². The summed E-state index contributed by atoms with van der Waals surface area (Å²) in [5.41, 5.74) is -3.03. The fraction of sp³-hybridized carbons (Fsp3) is 0.519. The maximum Gasteiger partial charge on any atom is 0.161 e. The molecule has 0 saturated heterocycles. The first-order chi connectivity index (χ1) is 22.2. The van der Waals surface area contributed by atoms with Gasteiger partial charge in [-0.3, -0.25) is 0 Å². The summed E-state index contributed by atoms with van der Waals surface area (Å²) in [7, 11) is -2.93. The molecule has 6 nitrogen and oxygen atoms in total. The van der Waals surface area contributed by atoms with E-state index in [-0.39, 0.29) is 30.9 Å². The Kier molecular flexibility index (Phi) is 4.30. The van der Waals surface area contributed by atoms with Gasteiger partial charge in [-0.2, -0.15) is 5.26 Å². The zero-order chi connectivity index (χ0) is 38.2. The van der Waals surface area contributed by atoms with E-state index >= 15 is 0 Å². The second-order valence-corrected chi connectivity index (χ2v) is 7.43. The Hall–Kier alpha value is -2.91. The number of likely N-dealkylation sites (N-methyl/N-ethyl adjacent to an activating group) is 1. The summed E-state index contributed by atoms with van der Waals surface area (Å²) in [4.78, 5) is 0.935. The molecule has 2 aromatic rings. The third-order valence-electron chi connectivity index (χ3n) is 5.17. The molecule has 0 N–H and O–H groups in total. The molecule has 33 heavy (non-hydrogen) atoms. The molecule has 0 aliphatic carbocycles. The lowest BCUT2D eigenvalue weighted by Crippen LogP contribution is -2.32. The number of hydrogen-bond donors (Lipinski definition) is 0. The fourth-order valence-corrected chi connectivity index (χ4v) is 3.22. The van der Waals surface area contributed by atoms with E-state index in [0.717, 1.165) is 12.0 Å².